The summed E-state index contributed by atoms with van der Waals surface area (Å²) in [6.45, 7) is 2.02. The zero-order chi connectivity index (χ0) is 21.0. The summed E-state index contributed by atoms with van der Waals surface area (Å²) in [4.78, 5) is 17.0. The van der Waals surface area contributed by atoms with Crippen LogP contribution in [0.5, 0.6) is 11.5 Å². The maximum atomic E-state index is 14.0. The van der Waals surface area contributed by atoms with Crippen LogP contribution >= 0.6 is 11.3 Å². The Morgan fingerprint density at radius 1 is 1.10 bits per heavy atom. The number of rotatable bonds is 7. The van der Waals surface area contributed by atoms with Crippen LogP contribution in [0.4, 0.5) is 8.78 Å². The fraction of sp³-hybridized carbons (Fsp3) is 0.238. The van der Waals surface area contributed by atoms with Crippen molar-refractivity contribution in [3.63, 3.8) is 0 Å². The van der Waals surface area contributed by atoms with Gasteiger partial charge in [-0.3, -0.25) is 4.79 Å². The Kier molecular flexibility index (Phi) is 6.43. The summed E-state index contributed by atoms with van der Waals surface area (Å²) in [5.74, 6) is -0.499. The predicted molar refractivity (Wildman–Crippen MR) is 108 cm³/mol. The standard InChI is InChI=1S/C21H20F2N2O3S/c1-12-19(29-21(25-12)18-14(22)5-4-6-15(18)23)20(26)24-10-9-13-7-8-16(27-2)17(11-13)28-3/h4-8,11H,9-10H2,1-3H3,(H,24,26). The molecule has 0 spiro atoms. The third kappa shape index (κ3) is 4.54. The SMILES string of the molecule is COc1ccc(CCNC(=O)c2sc(-c3c(F)cccc3F)nc2C)cc1OC. The molecule has 5 nitrogen and oxygen atoms in total. The number of methoxy groups -OCH3 is 2. The fourth-order valence-electron chi connectivity index (χ4n) is 2.85. The number of amides is 1. The molecule has 0 fully saturated rings. The summed E-state index contributed by atoms with van der Waals surface area (Å²) in [6, 6.07) is 9.16. The number of hydrogen-bond donors (Lipinski definition) is 1. The number of nitrogens with one attached hydrogen (secondary N) is 1. The quantitative estimate of drug-likeness (QED) is 0.618. The lowest BCUT2D eigenvalue weighted by Gasteiger charge is -2.10. The molecular weight excluding hydrogens is 398 g/mol. The van der Waals surface area contributed by atoms with E-state index in [1.54, 1.807) is 27.2 Å². The fourth-order valence-corrected chi connectivity index (χ4v) is 3.88. The maximum absolute atomic E-state index is 14.0. The summed E-state index contributed by atoms with van der Waals surface area (Å²) in [5, 5.41) is 2.96. The summed E-state index contributed by atoms with van der Waals surface area (Å²) >= 11 is 0.967. The molecule has 0 bridgehead atoms. The Morgan fingerprint density at radius 2 is 1.79 bits per heavy atom. The first-order valence-electron chi connectivity index (χ1n) is 8.85. The molecular formula is C21H20F2N2O3S. The smallest absolute Gasteiger partial charge is 0.263 e. The zero-order valence-electron chi connectivity index (χ0n) is 16.2. The number of aromatic nitrogens is 1. The lowest BCUT2D eigenvalue weighted by Crippen LogP contribution is -2.25. The van der Waals surface area contributed by atoms with Crippen molar-refractivity contribution in [2.45, 2.75) is 13.3 Å². The Morgan fingerprint density at radius 3 is 2.45 bits per heavy atom. The van der Waals surface area contributed by atoms with Gasteiger partial charge in [0.1, 0.15) is 21.5 Å². The van der Waals surface area contributed by atoms with Gasteiger partial charge in [0.05, 0.1) is 25.5 Å². The van der Waals surface area contributed by atoms with Crippen molar-refractivity contribution in [3.05, 3.63) is 64.2 Å². The zero-order valence-corrected chi connectivity index (χ0v) is 17.0. The maximum Gasteiger partial charge on any atom is 0.263 e. The molecule has 3 aromatic rings. The van der Waals surface area contributed by atoms with Crippen LogP contribution in [-0.2, 0) is 6.42 Å². The van der Waals surface area contributed by atoms with Crippen LogP contribution < -0.4 is 14.8 Å². The largest absolute Gasteiger partial charge is 0.493 e. The Balaban J connectivity index is 1.68. The Labute approximate surface area is 171 Å². The first kappa shape index (κ1) is 20.7. The first-order chi connectivity index (χ1) is 13.9. The number of halogens is 2. The van der Waals surface area contributed by atoms with E-state index in [0.29, 0.717) is 35.0 Å². The van der Waals surface area contributed by atoms with Gasteiger partial charge in [0.25, 0.3) is 5.91 Å². The summed E-state index contributed by atoms with van der Waals surface area (Å²) in [7, 11) is 3.13. The minimum Gasteiger partial charge on any atom is -0.493 e. The van der Waals surface area contributed by atoms with Crippen LogP contribution in [0.25, 0.3) is 10.6 Å². The number of benzene rings is 2. The topological polar surface area (TPSA) is 60.5 Å². The lowest BCUT2D eigenvalue weighted by atomic mass is 10.1. The normalized spacial score (nSPS) is 10.7. The molecule has 152 valence electrons. The van der Waals surface area contributed by atoms with Crippen molar-refractivity contribution in [2.24, 2.45) is 0 Å². The highest BCUT2D eigenvalue weighted by atomic mass is 32.1. The van der Waals surface area contributed by atoms with E-state index >= 15 is 0 Å². The molecule has 0 aliphatic rings. The number of carbonyl (C=O) groups is 1. The van der Waals surface area contributed by atoms with E-state index in [1.807, 2.05) is 12.1 Å². The van der Waals surface area contributed by atoms with Crippen molar-refractivity contribution in [3.8, 4) is 22.1 Å². The number of aryl methyl sites for hydroxylation is 1. The van der Waals surface area contributed by atoms with E-state index in [4.69, 9.17) is 9.47 Å². The van der Waals surface area contributed by atoms with Crippen LogP contribution in [0, 0.1) is 18.6 Å². The van der Waals surface area contributed by atoms with Crippen LogP contribution in [-0.4, -0.2) is 31.7 Å². The average Bonchev–Trinajstić information content (AvgIpc) is 3.08. The van der Waals surface area contributed by atoms with Crippen LogP contribution in [0.3, 0.4) is 0 Å². The molecule has 0 aliphatic carbocycles. The molecule has 0 radical (unpaired) electrons. The van der Waals surface area contributed by atoms with Crippen LogP contribution in [0.1, 0.15) is 20.9 Å². The summed E-state index contributed by atoms with van der Waals surface area (Å²) in [5.41, 5.74) is 1.18. The van der Waals surface area contributed by atoms with Gasteiger partial charge in [-0.15, -0.1) is 11.3 Å². The van der Waals surface area contributed by atoms with Gasteiger partial charge in [-0.2, -0.15) is 0 Å². The lowest BCUT2D eigenvalue weighted by molar-refractivity contribution is 0.0957. The van der Waals surface area contributed by atoms with Gasteiger partial charge in [0.2, 0.25) is 0 Å². The second kappa shape index (κ2) is 9.00. The molecule has 1 aromatic heterocycles. The highest BCUT2D eigenvalue weighted by molar-refractivity contribution is 7.17. The van der Waals surface area contributed by atoms with Crippen molar-refractivity contribution in [1.82, 2.24) is 10.3 Å². The van der Waals surface area contributed by atoms with E-state index in [0.717, 1.165) is 29.0 Å². The highest BCUT2D eigenvalue weighted by Crippen LogP contribution is 2.32. The summed E-state index contributed by atoms with van der Waals surface area (Å²) in [6.07, 6.45) is 0.582. The molecule has 0 atom stereocenters. The highest BCUT2D eigenvalue weighted by Gasteiger charge is 2.20. The second-order valence-electron chi connectivity index (χ2n) is 6.23. The van der Waals surface area contributed by atoms with Gasteiger partial charge in [-0.25, -0.2) is 13.8 Å². The molecule has 29 heavy (non-hydrogen) atoms. The molecule has 0 unspecified atom stereocenters. The van der Waals surface area contributed by atoms with Crippen molar-refractivity contribution >= 4 is 17.2 Å². The predicted octanol–water partition coefficient (Wildman–Crippen LogP) is 4.39. The number of carbonyl (C=O) groups excluding carboxylic acids is 1. The second-order valence-corrected chi connectivity index (χ2v) is 7.22. The number of thiazole rings is 1. The van der Waals surface area contributed by atoms with Gasteiger partial charge >= 0.3 is 0 Å². The third-order valence-corrected chi connectivity index (χ3v) is 5.50. The van der Waals surface area contributed by atoms with E-state index in [9.17, 15) is 13.6 Å². The molecule has 0 aliphatic heterocycles. The minimum atomic E-state index is -0.709. The minimum absolute atomic E-state index is 0.142. The van der Waals surface area contributed by atoms with E-state index < -0.39 is 11.6 Å². The number of nitrogens with zero attached hydrogens (tertiary/aromatic N) is 1. The molecule has 8 heteroatoms. The van der Waals surface area contributed by atoms with E-state index in [2.05, 4.69) is 10.3 Å². The Hall–Kier alpha value is -3.00. The molecule has 3 rings (SSSR count). The van der Waals surface area contributed by atoms with Crippen LogP contribution in [0.15, 0.2) is 36.4 Å². The van der Waals surface area contributed by atoms with Gasteiger partial charge in [0.15, 0.2) is 11.5 Å². The molecule has 1 amide bonds. The van der Waals surface area contributed by atoms with Crippen LogP contribution in [0.2, 0.25) is 0 Å². The van der Waals surface area contributed by atoms with E-state index in [1.165, 1.54) is 6.07 Å². The Bertz CT molecular complexity index is 1020. The van der Waals surface area contributed by atoms with Crippen molar-refractivity contribution in [1.29, 1.82) is 0 Å². The van der Waals surface area contributed by atoms with Gasteiger partial charge in [-0.05, 0) is 43.2 Å². The summed E-state index contributed by atoms with van der Waals surface area (Å²) < 4.78 is 38.5. The molecule has 1 N–H and O–H groups in total. The first-order valence-corrected chi connectivity index (χ1v) is 9.67. The monoisotopic (exact) mass is 418 g/mol. The third-order valence-electron chi connectivity index (χ3n) is 4.33. The van der Waals surface area contributed by atoms with E-state index in [-0.39, 0.29) is 16.5 Å². The molecule has 0 saturated heterocycles. The average molecular weight is 418 g/mol. The molecule has 0 saturated carbocycles. The van der Waals surface area contributed by atoms with Gasteiger partial charge in [-0.1, -0.05) is 12.1 Å². The number of hydrogen-bond acceptors (Lipinski definition) is 5. The molecule has 2 aromatic carbocycles. The van der Waals surface area contributed by atoms with Crippen molar-refractivity contribution < 1.29 is 23.0 Å². The van der Waals surface area contributed by atoms with Crippen molar-refractivity contribution in [2.75, 3.05) is 20.8 Å². The van der Waals surface area contributed by atoms with Gasteiger partial charge < -0.3 is 14.8 Å². The molecule has 1 heterocycles. The van der Waals surface area contributed by atoms with Gasteiger partial charge in [0, 0.05) is 6.54 Å². The number of ether oxygens (including phenoxy) is 2.